The predicted molar refractivity (Wildman–Crippen MR) is 66.3 cm³/mol. The molecular formula is C14H15N2+. The Kier molecular flexibility index (Phi) is 1.81. The lowest BCUT2D eigenvalue weighted by Crippen LogP contribution is -2.29. The molecule has 0 amide bonds. The highest BCUT2D eigenvalue weighted by Gasteiger charge is 2.16. The predicted octanol–water partition coefficient (Wildman–Crippen LogP) is 2.46. The van der Waals surface area contributed by atoms with E-state index in [0.717, 1.165) is 0 Å². The highest BCUT2D eigenvalue weighted by atomic mass is 15.1. The van der Waals surface area contributed by atoms with Crippen LogP contribution in [0.4, 0.5) is 0 Å². The van der Waals surface area contributed by atoms with E-state index in [0.29, 0.717) is 0 Å². The van der Waals surface area contributed by atoms with Gasteiger partial charge in [0, 0.05) is 5.39 Å². The minimum absolute atomic E-state index is 1.27. The molecule has 0 radical (unpaired) electrons. The van der Waals surface area contributed by atoms with Crippen molar-refractivity contribution in [1.29, 1.82) is 0 Å². The van der Waals surface area contributed by atoms with Crippen molar-refractivity contribution in [3.05, 3.63) is 42.1 Å². The lowest BCUT2D eigenvalue weighted by Gasteiger charge is -1.94. The SMILES string of the molecule is Cc1ccc2c(c1)c1ccc[n+](C)c1n2C. The maximum Gasteiger partial charge on any atom is 0.289 e. The zero-order valence-corrected chi connectivity index (χ0v) is 9.86. The number of hydrogen-bond acceptors (Lipinski definition) is 0. The first-order valence-corrected chi connectivity index (χ1v) is 5.52. The summed E-state index contributed by atoms with van der Waals surface area (Å²) in [5.74, 6) is 0. The third-order valence-corrected chi connectivity index (χ3v) is 3.27. The Hall–Kier alpha value is -1.83. The molecule has 16 heavy (non-hydrogen) atoms. The molecule has 2 aromatic heterocycles. The minimum Gasteiger partial charge on any atom is -0.236 e. The molecule has 0 fully saturated rings. The summed E-state index contributed by atoms with van der Waals surface area (Å²) < 4.78 is 4.43. The van der Waals surface area contributed by atoms with E-state index < -0.39 is 0 Å². The molecule has 80 valence electrons. The number of aryl methyl sites for hydroxylation is 3. The Bertz CT molecular complexity index is 693. The van der Waals surface area contributed by atoms with Gasteiger partial charge in [0.25, 0.3) is 5.65 Å². The third kappa shape index (κ3) is 1.10. The second-order valence-electron chi connectivity index (χ2n) is 4.44. The van der Waals surface area contributed by atoms with E-state index in [9.17, 15) is 0 Å². The highest BCUT2D eigenvalue weighted by Crippen LogP contribution is 2.26. The zero-order chi connectivity index (χ0) is 11.3. The van der Waals surface area contributed by atoms with Crippen LogP contribution in [-0.4, -0.2) is 4.57 Å². The quantitative estimate of drug-likeness (QED) is 0.505. The van der Waals surface area contributed by atoms with E-state index >= 15 is 0 Å². The zero-order valence-electron chi connectivity index (χ0n) is 9.86. The lowest BCUT2D eigenvalue weighted by molar-refractivity contribution is -0.647. The highest BCUT2D eigenvalue weighted by molar-refractivity contribution is 6.05. The number of fused-ring (bicyclic) bond motifs is 3. The Morgan fingerprint density at radius 2 is 1.94 bits per heavy atom. The second kappa shape index (κ2) is 3.08. The van der Waals surface area contributed by atoms with Crippen LogP contribution in [0, 0.1) is 6.92 Å². The summed E-state index contributed by atoms with van der Waals surface area (Å²) in [6, 6.07) is 10.9. The lowest BCUT2D eigenvalue weighted by atomic mass is 10.1. The molecule has 1 aromatic carbocycles. The summed E-state index contributed by atoms with van der Waals surface area (Å²) in [5, 5.41) is 2.67. The van der Waals surface area contributed by atoms with Crippen LogP contribution in [0.5, 0.6) is 0 Å². The molecule has 0 saturated carbocycles. The largest absolute Gasteiger partial charge is 0.289 e. The average Bonchev–Trinajstić information content (AvgIpc) is 2.54. The molecule has 0 aliphatic rings. The first kappa shape index (κ1) is 9.40. The second-order valence-corrected chi connectivity index (χ2v) is 4.44. The van der Waals surface area contributed by atoms with Gasteiger partial charge in [0.1, 0.15) is 5.52 Å². The standard InChI is InChI=1S/C14H15N2/c1-10-6-7-13-12(9-10)11-5-4-8-15(2)14(11)16(13)3/h4-9H,1-3H3/q+1. The van der Waals surface area contributed by atoms with Gasteiger partial charge in [-0.3, -0.25) is 0 Å². The van der Waals surface area contributed by atoms with Crippen LogP contribution in [0.2, 0.25) is 0 Å². The fraction of sp³-hybridized carbons (Fsp3) is 0.214. The van der Waals surface area contributed by atoms with E-state index in [1.165, 1.54) is 27.5 Å². The number of aromatic nitrogens is 2. The smallest absolute Gasteiger partial charge is 0.236 e. The first-order chi connectivity index (χ1) is 7.68. The van der Waals surface area contributed by atoms with Crippen LogP contribution in [-0.2, 0) is 14.1 Å². The normalized spacial score (nSPS) is 11.4. The molecule has 3 rings (SSSR count). The summed E-state index contributed by atoms with van der Waals surface area (Å²) in [7, 11) is 4.22. The first-order valence-electron chi connectivity index (χ1n) is 5.52. The Morgan fingerprint density at radius 1 is 1.12 bits per heavy atom. The van der Waals surface area contributed by atoms with E-state index in [2.05, 4.69) is 66.7 Å². The van der Waals surface area contributed by atoms with E-state index in [1.54, 1.807) is 0 Å². The number of hydrogen-bond donors (Lipinski definition) is 0. The van der Waals surface area contributed by atoms with Crippen molar-refractivity contribution in [2.45, 2.75) is 6.92 Å². The molecule has 0 atom stereocenters. The van der Waals surface area contributed by atoms with Crippen molar-refractivity contribution in [1.82, 2.24) is 4.57 Å². The van der Waals surface area contributed by atoms with E-state index in [1.807, 2.05) is 0 Å². The summed E-state index contributed by atoms with van der Waals surface area (Å²) in [6.07, 6.45) is 2.09. The molecule has 0 aliphatic carbocycles. The number of pyridine rings is 1. The fourth-order valence-electron chi connectivity index (χ4n) is 2.50. The molecule has 2 nitrogen and oxygen atoms in total. The fourth-order valence-corrected chi connectivity index (χ4v) is 2.50. The summed E-state index contributed by atoms with van der Waals surface area (Å²) >= 11 is 0. The minimum atomic E-state index is 1.27. The molecule has 0 spiro atoms. The molecule has 2 heterocycles. The molecule has 2 heteroatoms. The van der Waals surface area contributed by atoms with Crippen molar-refractivity contribution < 1.29 is 4.57 Å². The third-order valence-electron chi connectivity index (χ3n) is 3.27. The Balaban J connectivity index is 2.65. The van der Waals surface area contributed by atoms with E-state index in [-0.39, 0.29) is 0 Å². The molecule has 0 bridgehead atoms. The summed E-state index contributed by atoms with van der Waals surface area (Å²) in [6.45, 7) is 2.14. The van der Waals surface area contributed by atoms with Crippen molar-refractivity contribution in [2.24, 2.45) is 14.1 Å². The van der Waals surface area contributed by atoms with Crippen LogP contribution in [0.1, 0.15) is 5.56 Å². The van der Waals surface area contributed by atoms with Gasteiger partial charge < -0.3 is 0 Å². The van der Waals surface area contributed by atoms with Crippen LogP contribution < -0.4 is 4.57 Å². The maximum atomic E-state index is 2.26. The van der Waals surface area contributed by atoms with Gasteiger partial charge in [-0.05, 0) is 31.2 Å². The van der Waals surface area contributed by atoms with Gasteiger partial charge >= 0.3 is 0 Å². The molecule has 0 saturated heterocycles. The molecule has 0 N–H and O–H groups in total. The van der Waals surface area contributed by atoms with Crippen LogP contribution >= 0.6 is 0 Å². The summed E-state index contributed by atoms with van der Waals surface area (Å²) in [5.41, 5.74) is 3.87. The van der Waals surface area contributed by atoms with Gasteiger partial charge in [0.05, 0.1) is 25.7 Å². The van der Waals surface area contributed by atoms with Crippen molar-refractivity contribution in [3.63, 3.8) is 0 Å². The Morgan fingerprint density at radius 3 is 2.75 bits per heavy atom. The molecular weight excluding hydrogens is 196 g/mol. The molecule has 0 aliphatic heterocycles. The average molecular weight is 211 g/mol. The van der Waals surface area contributed by atoms with Gasteiger partial charge in [-0.25, -0.2) is 9.13 Å². The van der Waals surface area contributed by atoms with Crippen molar-refractivity contribution >= 4 is 21.9 Å². The number of nitrogens with zero attached hydrogens (tertiary/aromatic N) is 2. The topological polar surface area (TPSA) is 8.81 Å². The van der Waals surface area contributed by atoms with Gasteiger partial charge in [-0.15, -0.1) is 0 Å². The van der Waals surface area contributed by atoms with Crippen LogP contribution in [0.3, 0.4) is 0 Å². The van der Waals surface area contributed by atoms with Crippen LogP contribution in [0.25, 0.3) is 21.9 Å². The monoisotopic (exact) mass is 211 g/mol. The maximum absolute atomic E-state index is 2.26. The van der Waals surface area contributed by atoms with Gasteiger partial charge in [-0.2, -0.15) is 0 Å². The number of rotatable bonds is 0. The summed E-state index contributed by atoms with van der Waals surface area (Å²) in [4.78, 5) is 0. The van der Waals surface area contributed by atoms with Gasteiger partial charge in [-0.1, -0.05) is 11.6 Å². The molecule has 3 aromatic rings. The molecule has 0 unspecified atom stereocenters. The van der Waals surface area contributed by atoms with Gasteiger partial charge in [0.15, 0.2) is 0 Å². The Labute approximate surface area is 94.7 Å². The van der Waals surface area contributed by atoms with E-state index in [4.69, 9.17) is 0 Å². The van der Waals surface area contributed by atoms with Gasteiger partial charge in [0.2, 0.25) is 0 Å². The van der Waals surface area contributed by atoms with Crippen molar-refractivity contribution in [2.75, 3.05) is 0 Å². The van der Waals surface area contributed by atoms with Crippen LogP contribution in [0.15, 0.2) is 36.5 Å². The van der Waals surface area contributed by atoms with Crippen molar-refractivity contribution in [3.8, 4) is 0 Å². The number of benzene rings is 1.